The number of imidazole rings is 1. The van der Waals surface area contributed by atoms with Crippen LogP contribution in [0.2, 0.25) is 0 Å². The summed E-state index contributed by atoms with van der Waals surface area (Å²) in [5, 5.41) is 1.07. The first kappa shape index (κ1) is 12.0. The Morgan fingerprint density at radius 3 is 2.52 bits per heavy atom. The first-order valence-corrected chi connectivity index (χ1v) is 6.70. The van der Waals surface area contributed by atoms with Crippen molar-refractivity contribution < 1.29 is 4.39 Å². The maximum absolute atomic E-state index is 13.0. The molecule has 2 aliphatic rings. The van der Waals surface area contributed by atoms with Crippen molar-refractivity contribution in [2.45, 2.75) is 0 Å². The number of rotatable bonds is 1. The Bertz CT molecular complexity index is 909. The second-order valence-electron chi connectivity index (χ2n) is 5.05. The number of aromatic nitrogens is 3. The predicted molar refractivity (Wildman–Crippen MR) is 80.5 cm³/mol. The van der Waals surface area contributed by atoms with Crippen molar-refractivity contribution in [3.8, 4) is 22.8 Å². The van der Waals surface area contributed by atoms with Crippen molar-refractivity contribution in [2.24, 2.45) is 7.05 Å². The molecule has 4 rings (SSSR count). The van der Waals surface area contributed by atoms with Gasteiger partial charge in [0, 0.05) is 24.2 Å². The number of hydrogen-bond acceptors (Lipinski definition) is 2. The maximum Gasteiger partial charge on any atom is 0.160 e. The van der Waals surface area contributed by atoms with E-state index < -0.39 is 0 Å². The lowest BCUT2D eigenvalue weighted by atomic mass is 10.1. The molecule has 2 aliphatic heterocycles. The molecule has 0 radical (unpaired) electrons. The third-order valence-corrected chi connectivity index (χ3v) is 3.64. The molecule has 3 nitrogen and oxygen atoms in total. The fraction of sp³-hybridized carbons (Fsp3) is 0.0588. The number of pyridine rings is 1. The van der Waals surface area contributed by atoms with E-state index in [0.717, 1.165) is 27.9 Å². The van der Waals surface area contributed by atoms with Crippen molar-refractivity contribution in [1.82, 2.24) is 14.5 Å². The van der Waals surface area contributed by atoms with Crippen LogP contribution >= 0.6 is 0 Å². The molecule has 0 atom stereocenters. The quantitative estimate of drug-likeness (QED) is 0.528. The van der Waals surface area contributed by atoms with Crippen molar-refractivity contribution in [3.05, 3.63) is 60.5 Å². The molecule has 4 heteroatoms. The fourth-order valence-electron chi connectivity index (χ4n) is 2.61. The Balaban J connectivity index is 2.00. The predicted octanol–water partition coefficient (Wildman–Crippen LogP) is 3.88. The minimum atomic E-state index is -0.258. The highest BCUT2D eigenvalue weighted by molar-refractivity contribution is 5.93. The van der Waals surface area contributed by atoms with Crippen LogP contribution in [0.1, 0.15) is 0 Å². The largest absolute Gasteiger partial charge is 0.348 e. The molecule has 0 bridgehead atoms. The Labute approximate surface area is 121 Å². The van der Waals surface area contributed by atoms with Crippen LogP contribution in [0.5, 0.6) is 0 Å². The number of para-hydroxylation sites is 1. The van der Waals surface area contributed by atoms with E-state index in [1.807, 2.05) is 36.0 Å². The molecule has 2 aromatic rings. The summed E-state index contributed by atoms with van der Waals surface area (Å²) < 4.78 is 15.1. The summed E-state index contributed by atoms with van der Waals surface area (Å²) in [4.78, 5) is 9.20. The van der Waals surface area contributed by atoms with Gasteiger partial charge < -0.3 is 4.57 Å². The van der Waals surface area contributed by atoms with E-state index in [1.165, 1.54) is 12.1 Å². The van der Waals surface area contributed by atoms with Crippen molar-refractivity contribution >= 4 is 10.9 Å². The number of hydrogen-bond donors (Lipinski definition) is 0. The topological polar surface area (TPSA) is 30.7 Å². The maximum atomic E-state index is 13.0. The molecule has 0 fully saturated rings. The van der Waals surface area contributed by atoms with Gasteiger partial charge in [0.25, 0.3) is 0 Å². The third kappa shape index (κ3) is 1.88. The minimum absolute atomic E-state index is 0.258. The minimum Gasteiger partial charge on any atom is -0.348 e. The van der Waals surface area contributed by atoms with Gasteiger partial charge in [0.1, 0.15) is 17.2 Å². The molecule has 0 aromatic heterocycles. The van der Waals surface area contributed by atoms with E-state index in [9.17, 15) is 4.39 Å². The summed E-state index contributed by atoms with van der Waals surface area (Å²) >= 11 is 0. The second-order valence-corrected chi connectivity index (χ2v) is 5.05. The molecular formula is C17H12FN3. The highest BCUT2D eigenvalue weighted by Gasteiger charge is 2.16. The van der Waals surface area contributed by atoms with Crippen molar-refractivity contribution in [1.29, 1.82) is 0 Å². The first-order valence-electron chi connectivity index (χ1n) is 6.70. The van der Waals surface area contributed by atoms with Crippen LogP contribution in [0.15, 0.2) is 54.7 Å². The van der Waals surface area contributed by atoms with Gasteiger partial charge in [0.15, 0.2) is 5.82 Å². The third-order valence-electron chi connectivity index (χ3n) is 3.64. The van der Waals surface area contributed by atoms with E-state index in [2.05, 4.69) is 16.0 Å². The standard InChI is InChI=1S/C17H12FN3/c1-21-10-14-16(13-4-2-3-5-15(13)21)20-17(19-14)11-6-8-12(18)9-7-11/h2-10H,1H3. The van der Waals surface area contributed by atoms with Crippen LogP contribution in [-0.2, 0) is 7.05 Å². The van der Waals surface area contributed by atoms with Gasteiger partial charge in [-0.05, 0) is 30.3 Å². The highest BCUT2D eigenvalue weighted by Crippen LogP contribution is 2.31. The van der Waals surface area contributed by atoms with Gasteiger partial charge in [-0.3, -0.25) is 0 Å². The Morgan fingerprint density at radius 2 is 1.71 bits per heavy atom. The molecule has 21 heavy (non-hydrogen) atoms. The number of aryl methyl sites for hydroxylation is 1. The van der Waals surface area contributed by atoms with E-state index in [4.69, 9.17) is 0 Å². The summed E-state index contributed by atoms with van der Waals surface area (Å²) in [6, 6.07) is 14.3. The van der Waals surface area contributed by atoms with E-state index >= 15 is 0 Å². The second kappa shape index (κ2) is 4.38. The molecular weight excluding hydrogens is 265 g/mol. The van der Waals surface area contributed by atoms with Gasteiger partial charge in [-0.15, -0.1) is 0 Å². The molecule has 0 saturated heterocycles. The SMILES string of the molecule is Cn1cc2nc(-c3ccc(F)cc3)nc-2c2ccccc21. The summed E-state index contributed by atoms with van der Waals surface area (Å²) in [6.07, 6.45) is 1.97. The lowest BCUT2D eigenvalue weighted by Gasteiger charge is -2.08. The zero-order chi connectivity index (χ0) is 14.4. The molecule has 2 heterocycles. The lowest BCUT2D eigenvalue weighted by molar-refractivity contribution is 0.628. The molecule has 0 unspecified atom stereocenters. The fourth-order valence-corrected chi connectivity index (χ4v) is 2.61. The summed E-state index contributed by atoms with van der Waals surface area (Å²) in [6.45, 7) is 0. The molecule has 2 aromatic carbocycles. The van der Waals surface area contributed by atoms with Crippen LogP contribution in [-0.4, -0.2) is 14.5 Å². The number of benzene rings is 2. The Morgan fingerprint density at radius 1 is 0.952 bits per heavy atom. The normalized spacial score (nSPS) is 11.3. The molecule has 0 aliphatic carbocycles. The Hall–Kier alpha value is -2.75. The number of nitrogens with zero attached hydrogens (tertiary/aromatic N) is 3. The van der Waals surface area contributed by atoms with Gasteiger partial charge in [-0.2, -0.15) is 0 Å². The summed E-state index contributed by atoms with van der Waals surface area (Å²) in [7, 11) is 1.99. The Kier molecular flexibility index (Phi) is 2.51. The van der Waals surface area contributed by atoms with Gasteiger partial charge in [-0.25, -0.2) is 14.4 Å². The number of halogens is 1. The number of fused-ring (bicyclic) bond motifs is 3. The van der Waals surface area contributed by atoms with Crippen LogP contribution in [0.25, 0.3) is 33.7 Å². The van der Waals surface area contributed by atoms with E-state index in [-0.39, 0.29) is 5.82 Å². The molecule has 0 saturated carbocycles. The average Bonchev–Trinajstić information content (AvgIpc) is 2.92. The first-order chi connectivity index (χ1) is 10.2. The molecule has 0 spiro atoms. The summed E-state index contributed by atoms with van der Waals surface area (Å²) in [5.74, 6) is 0.369. The van der Waals surface area contributed by atoms with Crippen molar-refractivity contribution in [2.75, 3.05) is 0 Å². The molecule has 0 N–H and O–H groups in total. The van der Waals surface area contributed by atoms with E-state index in [0.29, 0.717) is 5.82 Å². The van der Waals surface area contributed by atoms with E-state index in [1.54, 1.807) is 12.1 Å². The lowest BCUT2D eigenvalue weighted by Crippen LogP contribution is -1.95. The zero-order valence-electron chi connectivity index (χ0n) is 11.4. The van der Waals surface area contributed by atoms with Gasteiger partial charge in [-0.1, -0.05) is 18.2 Å². The van der Waals surface area contributed by atoms with Gasteiger partial charge in [0.2, 0.25) is 0 Å². The van der Waals surface area contributed by atoms with Crippen LogP contribution < -0.4 is 0 Å². The highest BCUT2D eigenvalue weighted by atomic mass is 19.1. The van der Waals surface area contributed by atoms with Gasteiger partial charge >= 0.3 is 0 Å². The van der Waals surface area contributed by atoms with Gasteiger partial charge in [0.05, 0.1) is 5.52 Å². The zero-order valence-corrected chi connectivity index (χ0v) is 11.4. The van der Waals surface area contributed by atoms with Crippen LogP contribution in [0, 0.1) is 5.82 Å². The smallest absolute Gasteiger partial charge is 0.160 e. The van der Waals surface area contributed by atoms with Crippen molar-refractivity contribution in [3.63, 3.8) is 0 Å². The molecule has 0 amide bonds. The average molecular weight is 277 g/mol. The summed E-state index contributed by atoms with van der Waals surface area (Å²) in [5.41, 5.74) is 3.65. The molecule has 102 valence electrons. The van der Waals surface area contributed by atoms with Crippen LogP contribution in [0.4, 0.5) is 4.39 Å². The van der Waals surface area contributed by atoms with Crippen LogP contribution in [0.3, 0.4) is 0 Å². The monoisotopic (exact) mass is 277 g/mol.